The van der Waals surface area contributed by atoms with Crippen LogP contribution in [0.2, 0.25) is 0 Å². The van der Waals surface area contributed by atoms with Crippen molar-refractivity contribution in [3.05, 3.63) is 54.8 Å². The molecule has 1 aromatic carbocycles. The Balaban J connectivity index is 1.92. The van der Waals surface area contributed by atoms with E-state index in [2.05, 4.69) is 42.6 Å². The number of rotatable bonds is 4. The maximum absolute atomic E-state index is 12.9. The molecule has 2 rings (SSSR count). The van der Waals surface area contributed by atoms with E-state index in [4.69, 9.17) is 0 Å². The minimum atomic E-state index is -0.221. The predicted octanol–water partition coefficient (Wildman–Crippen LogP) is 4.70. The molecule has 0 aliphatic carbocycles. The molecule has 0 unspecified atom stereocenters. The molecule has 5 heteroatoms. The van der Waals surface area contributed by atoms with Crippen LogP contribution in [-0.4, -0.2) is 0 Å². The van der Waals surface area contributed by atoms with E-state index in [0.29, 0.717) is 6.54 Å². The second kappa shape index (κ2) is 6.09. The largest absolute Gasteiger partial charge is 0.308 e. The first kappa shape index (κ1) is 13.2. The van der Waals surface area contributed by atoms with Crippen molar-refractivity contribution in [1.29, 1.82) is 0 Å². The van der Waals surface area contributed by atoms with Gasteiger partial charge in [0, 0.05) is 26.9 Å². The quantitative estimate of drug-likeness (QED) is 0.812. The Morgan fingerprint density at radius 3 is 2.59 bits per heavy atom. The molecule has 0 bridgehead atoms. The van der Waals surface area contributed by atoms with Crippen LogP contribution in [-0.2, 0) is 13.1 Å². The first-order chi connectivity index (χ1) is 8.16. The highest BCUT2D eigenvalue weighted by Crippen LogP contribution is 2.23. The van der Waals surface area contributed by atoms with E-state index >= 15 is 0 Å². The third-order valence-corrected chi connectivity index (χ3v) is 4.97. The molecule has 17 heavy (non-hydrogen) atoms. The summed E-state index contributed by atoms with van der Waals surface area (Å²) in [5.41, 5.74) is 1.05. The fraction of sp³-hybridized carbons (Fsp3) is 0.167. The van der Waals surface area contributed by atoms with Gasteiger partial charge in [0.15, 0.2) is 0 Å². The Labute approximate surface area is 120 Å². The van der Waals surface area contributed by atoms with Gasteiger partial charge in [-0.15, -0.1) is 11.3 Å². The molecule has 0 atom stereocenters. The van der Waals surface area contributed by atoms with E-state index in [9.17, 15) is 4.39 Å². The molecule has 0 aliphatic heterocycles. The van der Waals surface area contributed by atoms with Crippen LogP contribution in [0.15, 0.2) is 38.6 Å². The zero-order valence-corrected chi connectivity index (χ0v) is 12.8. The van der Waals surface area contributed by atoms with Gasteiger partial charge < -0.3 is 5.32 Å². The molecule has 0 fully saturated rings. The van der Waals surface area contributed by atoms with E-state index in [1.807, 2.05) is 6.07 Å². The van der Waals surface area contributed by atoms with Gasteiger partial charge >= 0.3 is 0 Å². The Morgan fingerprint density at radius 1 is 1.12 bits per heavy atom. The monoisotopic (exact) mass is 377 g/mol. The SMILES string of the molecule is Fc1ccc(CNCc2sccc2Br)c(Br)c1. The standard InChI is InChI=1S/C12H10Br2FNS/c13-10-3-4-17-12(10)7-16-6-8-1-2-9(15)5-11(8)14/h1-5,16H,6-7H2. The molecule has 0 aliphatic rings. The van der Waals surface area contributed by atoms with Crippen molar-refractivity contribution in [2.24, 2.45) is 0 Å². The van der Waals surface area contributed by atoms with Gasteiger partial charge in [-0.05, 0) is 45.1 Å². The molecule has 0 saturated carbocycles. The summed E-state index contributed by atoms with van der Waals surface area (Å²) in [6, 6.07) is 6.78. The van der Waals surface area contributed by atoms with Gasteiger partial charge in [0.1, 0.15) is 5.82 Å². The van der Waals surface area contributed by atoms with E-state index in [0.717, 1.165) is 21.1 Å². The molecule has 1 N–H and O–H groups in total. The van der Waals surface area contributed by atoms with Crippen molar-refractivity contribution in [3.63, 3.8) is 0 Å². The van der Waals surface area contributed by atoms with Crippen molar-refractivity contribution in [2.75, 3.05) is 0 Å². The topological polar surface area (TPSA) is 12.0 Å². The fourth-order valence-electron chi connectivity index (χ4n) is 1.43. The van der Waals surface area contributed by atoms with Crippen LogP contribution in [0, 0.1) is 5.82 Å². The summed E-state index contributed by atoms with van der Waals surface area (Å²) in [5.74, 6) is -0.221. The second-order valence-corrected chi connectivity index (χ2v) is 6.24. The lowest BCUT2D eigenvalue weighted by Crippen LogP contribution is -2.12. The Morgan fingerprint density at radius 2 is 1.94 bits per heavy atom. The van der Waals surface area contributed by atoms with Gasteiger partial charge in [-0.1, -0.05) is 22.0 Å². The summed E-state index contributed by atoms with van der Waals surface area (Å²) in [6.07, 6.45) is 0. The van der Waals surface area contributed by atoms with Gasteiger partial charge in [0.05, 0.1) is 0 Å². The van der Waals surface area contributed by atoms with Crippen molar-refractivity contribution >= 4 is 43.2 Å². The lowest BCUT2D eigenvalue weighted by Gasteiger charge is -2.06. The molecule has 1 heterocycles. The van der Waals surface area contributed by atoms with Gasteiger partial charge in [-0.2, -0.15) is 0 Å². The van der Waals surface area contributed by atoms with Crippen molar-refractivity contribution in [2.45, 2.75) is 13.1 Å². The van der Waals surface area contributed by atoms with Gasteiger partial charge in [0.2, 0.25) is 0 Å². The van der Waals surface area contributed by atoms with E-state index in [-0.39, 0.29) is 5.82 Å². The minimum absolute atomic E-state index is 0.221. The molecular weight excluding hydrogens is 369 g/mol. The van der Waals surface area contributed by atoms with Crippen molar-refractivity contribution < 1.29 is 4.39 Å². The Hall–Kier alpha value is -0.230. The first-order valence-corrected chi connectivity index (χ1v) is 7.50. The van der Waals surface area contributed by atoms with Gasteiger partial charge in [-0.3, -0.25) is 0 Å². The lowest BCUT2D eigenvalue weighted by atomic mass is 10.2. The molecule has 0 radical (unpaired) electrons. The Bertz CT molecular complexity index is 513. The number of hydrogen-bond donors (Lipinski definition) is 1. The third-order valence-electron chi connectivity index (χ3n) is 2.31. The third kappa shape index (κ3) is 3.61. The number of benzene rings is 1. The molecule has 1 nitrogen and oxygen atoms in total. The van der Waals surface area contributed by atoms with Crippen LogP contribution in [0.3, 0.4) is 0 Å². The molecule has 0 saturated heterocycles. The highest BCUT2D eigenvalue weighted by Gasteiger charge is 2.03. The number of thiophene rings is 1. The van der Waals surface area contributed by atoms with E-state index in [1.54, 1.807) is 17.4 Å². The molecule has 2 aromatic rings. The highest BCUT2D eigenvalue weighted by molar-refractivity contribution is 9.10. The summed E-state index contributed by atoms with van der Waals surface area (Å²) < 4.78 is 14.8. The average molecular weight is 379 g/mol. The first-order valence-electron chi connectivity index (χ1n) is 5.03. The zero-order valence-electron chi connectivity index (χ0n) is 8.84. The smallest absolute Gasteiger partial charge is 0.124 e. The molecule has 0 amide bonds. The summed E-state index contributed by atoms with van der Waals surface area (Å²) in [6.45, 7) is 1.52. The lowest BCUT2D eigenvalue weighted by molar-refractivity contribution is 0.623. The molecule has 90 valence electrons. The van der Waals surface area contributed by atoms with Crippen LogP contribution >= 0.6 is 43.2 Å². The zero-order chi connectivity index (χ0) is 12.3. The van der Waals surface area contributed by atoms with Crippen LogP contribution in [0.25, 0.3) is 0 Å². The van der Waals surface area contributed by atoms with Gasteiger partial charge in [0.25, 0.3) is 0 Å². The summed E-state index contributed by atoms with van der Waals surface area (Å²) in [7, 11) is 0. The summed E-state index contributed by atoms with van der Waals surface area (Å²) >= 11 is 8.55. The van der Waals surface area contributed by atoms with Crippen molar-refractivity contribution in [3.8, 4) is 0 Å². The number of halogens is 3. The van der Waals surface area contributed by atoms with E-state index in [1.165, 1.54) is 17.0 Å². The highest BCUT2D eigenvalue weighted by atomic mass is 79.9. The minimum Gasteiger partial charge on any atom is -0.308 e. The molecular formula is C12H10Br2FNS. The van der Waals surface area contributed by atoms with Crippen LogP contribution in [0.4, 0.5) is 4.39 Å². The van der Waals surface area contributed by atoms with Crippen LogP contribution in [0.1, 0.15) is 10.4 Å². The fourth-order valence-corrected chi connectivity index (χ4v) is 3.38. The average Bonchev–Trinajstić information content (AvgIpc) is 2.68. The maximum atomic E-state index is 12.9. The Kier molecular flexibility index (Phi) is 4.73. The normalized spacial score (nSPS) is 10.8. The van der Waals surface area contributed by atoms with Crippen LogP contribution < -0.4 is 5.32 Å². The summed E-state index contributed by atoms with van der Waals surface area (Å²) in [5, 5.41) is 5.38. The van der Waals surface area contributed by atoms with E-state index < -0.39 is 0 Å². The van der Waals surface area contributed by atoms with Crippen molar-refractivity contribution in [1.82, 2.24) is 5.32 Å². The molecule has 1 aromatic heterocycles. The second-order valence-electron chi connectivity index (χ2n) is 3.53. The van der Waals surface area contributed by atoms with Crippen LogP contribution in [0.5, 0.6) is 0 Å². The number of nitrogens with one attached hydrogen (secondary N) is 1. The predicted molar refractivity (Wildman–Crippen MR) is 76.7 cm³/mol. The summed E-state index contributed by atoms with van der Waals surface area (Å²) in [4.78, 5) is 1.27. The number of hydrogen-bond acceptors (Lipinski definition) is 2. The molecule has 0 spiro atoms. The maximum Gasteiger partial charge on any atom is 0.124 e. The van der Waals surface area contributed by atoms with Gasteiger partial charge in [-0.25, -0.2) is 4.39 Å².